The van der Waals surface area contributed by atoms with Gasteiger partial charge in [-0.15, -0.1) is 0 Å². The molecule has 0 radical (unpaired) electrons. The summed E-state index contributed by atoms with van der Waals surface area (Å²) >= 11 is 2.32. The van der Waals surface area contributed by atoms with Gasteiger partial charge in [-0.3, -0.25) is 0 Å². The molecule has 5 heteroatoms. The summed E-state index contributed by atoms with van der Waals surface area (Å²) in [6.45, 7) is 7.94. The van der Waals surface area contributed by atoms with Crippen molar-refractivity contribution in [2.45, 2.75) is 45.7 Å². The summed E-state index contributed by atoms with van der Waals surface area (Å²) in [6.07, 6.45) is 0.223. The lowest BCUT2D eigenvalue weighted by Crippen LogP contribution is -2.32. The van der Waals surface area contributed by atoms with Gasteiger partial charge in [0.1, 0.15) is 7.14 Å². The molecule has 1 aliphatic rings. The van der Waals surface area contributed by atoms with Gasteiger partial charge < -0.3 is 14.0 Å². The molecule has 3 nitrogen and oxygen atoms in total. The number of hydrogen-bond acceptors (Lipinski definition) is 3. The molecule has 0 amide bonds. The van der Waals surface area contributed by atoms with E-state index in [2.05, 4.69) is 22.6 Å². The molecule has 1 fully saturated rings. The summed E-state index contributed by atoms with van der Waals surface area (Å²) in [4.78, 5) is 0. The zero-order valence-electron chi connectivity index (χ0n) is 15.7. The Hall–Kier alpha value is -0.680. The smallest absolute Gasteiger partial charge is 0.163 e. The van der Waals surface area contributed by atoms with Gasteiger partial charge in [0.15, 0.2) is 5.79 Å². The van der Waals surface area contributed by atoms with Crippen LogP contribution in [0.3, 0.4) is 0 Å². The normalized spacial score (nSPS) is 22.5. The predicted molar refractivity (Wildman–Crippen MR) is 117 cm³/mol. The average Bonchev–Trinajstić information content (AvgIpc) is 2.89. The second-order valence-corrected chi connectivity index (χ2v) is 11.2. The van der Waals surface area contributed by atoms with Crippen molar-refractivity contribution in [3.63, 3.8) is 0 Å². The Kier molecular flexibility index (Phi) is 5.98. The molecule has 3 rings (SSSR count). The molecule has 2 atom stereocenters. The van der Waals surface area contributed by atoms with Crippen molar-refractivity contribution in [3.05, 3.63) is 59.7 Å². The maximum Gasteiger partial charge on any atom is 0.163 e. The van der Waals surface area contributed by atoms with Crippen LogP contribution in [0.15, 0.2) is 48.5 Å². The summed E-state index contributed by atoms with van der Waals surface area (Å²) in [7, 11) is -2.83. The highest BCUT2D eigenvalue weighted by Gasteiger charge is 2.44. The monoisotopic (exact) mass is 484 g/mol. The number of hydrogen-bond donors (Lipinski definition) is 0. The fourth-order valence-electron chi connectivity index (χ4n) is 3.38. The highest BCUT2D eigenvalue weighted by Crippen LogP contribution is 2.47. The summed E-state index contributed by atoms with van der Waals surface area (Å²) in [5.74, 6) is -0.633. The first-order chi connectivity index (χ1) is 12.2. The Morgan fingerprint density at radius 2 is 1.31 bits per heavy atom. The first-order valence-electron chi connectivity index (χ1n) is 8.89. The molecule has 2 aromatic carbocycles. The average molecular weight is 484 g/mol. The predicted octanol–water partition coefficient (Wildman–Crippen LogP) is 4.57. The molecule has 1 aliphatic heterocycles. The molecule has 1 heterocycles. The zero-order valence-corrected chi connectivity index (χ0v) is 18.8. The first kappa shape index (κ1) is 20.1. The Balaban J connectivity index is 2.02. The van der Waals surface area contributed by atoms with Gasteiger partial charge in [0.25, 0.3) is 0 Å². The van der Waals surface area contributed by atoms with Gasteiger partial charge in [0.05, 0.1) is 12.2 Å². The van der Waals surface area contributed by atoms with Crippen LogP contribution >= 0.6 is 29.7 Å². The molecular formula is C21H26IO3P. The minimum absolute atomic E-state index is 0.0465. The van der Waals surface area contributed by atoms with Gasteiger partial charge in [0.2, 0.25) is 0 Å². The highest BCUT2D eigenvalue weighted by molar-refractivity contribution is 14.1. The quantitative estimate of drug-likeness (QED) is 0.355. The van der Waals surface area contributed by atoms with Crippen LogP contribution in [0.5, 0.6) is 0 Å². The molecule has 0 bridgehead atoms. The van der Waals surface area contributed by atoms with Gasteiger partial charge >= 0.3 is 0 Å². The van der Waals surface area contributed by atoms with Gasteiger partial charge in [0, 0.05) is 21.2 Å². The van der Waals surface area contributed by atoms with Gasteiger partial charge in [-0.05, 0) is 27.7 Å². The molecule has 0 unspecified atom stereocenters. The maximum atomic E-state index is 14.3. The van der Waals surface area contributed by atoms with Crippen LogP contribution in [-0.4, -0.2) is 28.6 Å². The van der Waals surface area contributed by atoms with Crippen molar-refractivity contribution in [1.82, 2.24) is 0 Å². The van der Waals surface area contributed by atoms with Crippen LogP contribution < -0.4 is 10.6 Å². The van der Waals surface area contributed by atoms with E-state index in [4.69, 9.17) is 9.47 Å². The SMILES string of the molecule is Cc1ccc(P(=O)(C[C@@H]2OC(C)(C)O[C@H]2CI)c2ccc(C)cc2)cc1. The van der Waals surface area contributed by atoms with Crippen LogP contribution in [0.4, 0.5) is 0 Å². The zero-order chi connectivity index (χ0) is 18.9. The summed E-state index contributed by atoms with van der Waals surface area (Å²) in [6, 6.07) is 16.1. The van der Waals surface area contributed by atoms with E-state index >= 15 is 0 Å². The molecular weight excluding hydrogens is 458 g/mol. The third-order valence-electron chi connectivity index (χ3n) is 4.78. The molecule has 0 saturated carbocycles. The lowest BCUT2D eigenvalue weighted by atomic mass is 10.2. The third-order valence-corrected chi connectivity index (χ3v) is 8.78. The molecule has 26 heavy (non-hydrogen) atoms. The summed E-state index contributed by atoms with van der Waals surface area (Å²) in [5, 5.41) is 1.76. The fourth-order valence-corrected chi connectivity index (χ4v) is 6.92. The molecule has 140 valence electrons. The minimum Gasteiger partial charge on any atom is -0.344 e. The van der Waals surface area contributed by atoms with Crippen molar-refractivity contribution in [1.29, 1.82) is 0 Å². The van der Waals surface area contributed by atoms with E-state index in [1.807, 2.05) is 76.2 Å². The van der Waals surface area contributed by atoms with E-state index in [0.29, 0.717) is 6.16 Å². The van der Waals surface area contributed by atoms with Crippen LogP contribution in [0.25, 0.3) is 0 Å². The number of alkyl halides is 1. The highest BCUT2D eigenvalue weighted by atomic mass is 127. The first-order valence-corrected chi connectivity index (χ1v) is 12.3. The van der Waals surface area contributed by atoms with Gasteiger partial charge in [-0.1, -0.05) is 82.2 Å². The van der Waals surface area contributed by atoms with Gasteiger partial charge in [-0.2, -0.15) is 0 Å². The fraction of sp³-hybridized carbons (Fsp3) is 0.429. The van der Waals surface area contributed by atoms with Gasteiger partial charge in [-0.25, -0.2) is 0 Å². The van der Waals surface area contributed by atoms with E-state index in [0.717, 1.165) is 26.2 Å². The Labute approximate surface area is 170 Å². The molecule has 0 spiro atoms. The van der Waals surface area contributed by atoms with Crippen LogP contribution in [-0.2, 0) is 14.0 Å². The molecule has 2 aromatic rings. The van der Waals surface area contributed by atoms with Crippen molar-refractivity contribution >= 4 is 40.3 Å². The van der Waals surface area contributed by atoms with E-state index in [1.165, 1.54) is 0 Å². The number of aryl methyl sites for hydroxylation is 2. The van der Waals surface area contributed by atoms with E-state index in [9.17, 15) is 4.57 Å². The number of benzene rings is 2. The lowest BCUT2D eigenvalue weighted by Gasteiger charge is -2.25. The topological polar surface area (TPSA) is 35.5 Å². The van der Waals surface area contributed by atoms with Crippen molar-refractivity contribution in [3.8, 4) is 0 Å². The third kappa shape index (κ3) is 4.24. The molecule has 0 aromatic heterocycles. The van der Waals surface area contributed by atoms with Crippen LogP contribution in [0, 0.1) is 13.8 Å². The summed E-state index contributed by atoms with van der Waals surface area (Å²) in [5.41, 5.74) is 2.33. The van der Waals surface area contributed by atoms with Crippen LogP contribution in [0.2, 0.25) is 0 Å². The second kappa shape index (κ2) is 7.75. The molecule has 0 aliphatic carbocycles. The van der Waals surface area contributed by atoms with E-state index < -0.39 is 12.9 Å². The largest absolute Gasteiger partial charge is 0.344 e. The maximum absolute atomic E-state index is 14.3. The minimum atomic E-state index is -2.83. The van der Waals surface area contributed by atoms with E-state index in [-0.39, 0.29) is 12.2 Å². The Morgan fingerprint density at radius 1 is 0.885 bits per heavy atom. The molecule has 1 saturated heterocycles. The number of halogens is 1. The molecule has 0 N–H and O–H groups in total. The van der Waals surface area contributed by atoms with Crippen molar-refractivity contribution in [2.24, 2.45) is 0 Å². The standard InChI is InChI=1S/C21H26IO3P/c1-15-5-9-17(10-6-15)26(23,18-11-7-16(2)8-12-18)14-20-19(13-22)24-21(3,4)25-20/h5-12,19-20H,13-14H2,1-4H3/t19-,20-/m0/s1. The number of ether oxygens (including phenoxy) is 2. The van der Waals surface area contributed by atoms with E-state index in [1.54, 1.807) is 0 Å². The Morgan fingerprint density at radius 3 is 1.73 bits per heavy atom. The van der Waals surface area contributed by atoms with Crippen molar-refractivity contribution in [2.75, 3.05) is 10.6 Å². The van der Waals surface area contributed by atoms with Crippen LogP contribution in [0.1, 0.15) is 25.0 Å². The van der Waals surface area contributed by atoms with Crippen molar-refractivity contribution < 1.29 is 14.0 Å². The second-order valence-electron chi connectivity index (χ2n) is 7.46. The summed E-state index contributed by atoms with van der Waals surface area (Å²) < 4.78 is 27.3. The lowest BCUT2D eigenvalue weighted by molar-refractivity contribution is -0.142. The number of rotatable bonds is 5. The Bertz CT molecular complexity index is 750.